The Hall–Kier alpha value is -0.876. The van der Waals surface area contributed by atoms with Crippen LogP contribution in [0.1, 0.15) is 19.8 Å². The van der Waals surface area contributed by atoms with E-state index < -0.39 is 28.7 Å². The van der Waals surface area contributed by atoms with Crippen molar-refractivity contribution in [3.63, 3.8) is 0 Å². The number of nitrogens with one attached hydrogen (secondary N) is 2. The van der Waals surface area contributed by atoms with Gasteiger partial charge in [0.05, 0.1) is 0 Å². The molecular weight excluding hydrogens is 357 g/mol. The predicted molar refractivity (Wildman–Crippen MR) is 92.6 cm³/mol. The van der Waals surface area contributed by atoms with Crippen molar-refractivity contribution in [2.24, 2.45) is 0 Å². The summed E-state index contributed by atoms with van der Waals surface area (Å²) < 4.78 is 42.6. The van der Waals surface area contributed by atoms with Crippen molar-refractivity contribution in [3.05, 3.63) is 0 Å². The van der Waals surface area contributed by atoms with Gasteiger partial charge in [-0.05, 0) is 51.1 Å². The molecule has 0 aromatic rings. The molecule has 0 aliphatic heterocycles. The van der Waals surface area contributed by atoms with Gasteiger partial charge in [-0.1, -0.05) is 0 Å². The van der Waals surface area contributed by atoms with Crippen LogP contribution in [0.25, 0.3) is 0 Å². The Kier molecular flexibility index (Phi) is 9.22. The number of halogens is 3. The SMILES string of the molecule is CC(=O)NCCC[Si](C)(C)O[Si](C)(C)CCCNC(=O)C(F)(F)F. The normalized spacial score (nSPS) is 12.8. The van der Waals surface area contributed by atoms with E-state index in [4.69, 9.17) is 4.12 Å². The Morgan fingerprint density at radius 2 is 1.33 bits per heavy atom. The van der Waals surface area contributed by atoms with E-state index in [-0.39, 0.29) is 12.5 Å². The van der Waals surface area contributed by atoms with Crippen molar-refractivity contribution >= 4 is 28.4 Å². The fourth-order valence-electron chi connectivity index (χ4n) is 2.44. The lowest BCUT2D eigenvalue weighted by molar-refractivity contribution is -0.173. The zero-order valence-electron chi connectivity index (χ0n) is 15.1. The fraction of sp³-hybridized carbons (Fsp3) is 0.857. The highest BCUT2D eigenvalue weighted by atomic mass is 28.4. The molecule has 0 radical (unpaired) electrons. The van der Waals surface area contributed by atoms with Gasteiger partial charge in [0.25, 0.3) is 0 Å². The topological polar surface area (TPSA) is 67.4 Å². The van der Waals surface area contributed by atoms with Crippen LogP contribution in [-0.4, -0.2) is 47.7 Å². The summed E-state index contributed by atoms with van der Waals surface area (Å²) in [7, 11) is -3.88. The van der Waals surface area contributed by atoms with Crippen LogP contribution in [0.2, 0.25) is 38.3 Å². The summed E-state index contributed by atoms with van der Waals surface area (Å²) in [4.78, 5) is 21.6. The molecule has 10 heteroatoms. The van der Waals surface area contributed by atoms with Crippen molar-refractivity contribution < 1.29 is 26.9 Å². The third-order valence-electron chi connectivity index (χ3n) is 3.38. The molecule has 2 N–H and O–H groups in total. The molecule has 0 saturated carbocycles. The number of carbonyl (C=O) groups excluding carboxylic acids is 2. The predicted octanol–water partition coefficient (Wildman–Crippen LogP) is 3.01. The molecule has 24 heavy (non-hydrogen) atoms. The van der Waals surface area contributed by atoms with Crippen LogP contribution in [0.4, 0.5) is 13.2 Å². The minimum absolute atomic E-state index is 0.00263. The van der Waals surface area contributed by atoms with E-state index in [1.165, 1.54) is 6.92 Å². The average Bonchev–Trinajstić information content (AvgIpc) is 2.37. The molecule has 0 bridgehead atoms. The standard InChI is InChI=1S/C14H29F3N2O3Si2/c1-12(20)18-8-6-10-23(2,3)22-24(4,5)11-7-9-19-13(21)14(15,16)17/h6-11H2,1-5H3,(H,18,20)(H,19,21). The Balaban J connectivity index is 4.13. The number of alkyl halides is 3. The molecular formula is C14H29F3N2O3Si2. The first-order valence-corrected chi connectivity index (χ1v) is 14.3. The summed E-state index contributed by atoms with van der Waals surface area (Å²) in [5, 5.41) is 4.64. The molecule has 0 saturated heterocycles. The lowest BCUT2D eigenvalue weighted by Gasteiger charge is -2.34. The van der Waals surface area contributed by atoms with Crippen LogP contribution in [-0.2, 0) is 13.7 Å². The molecule has 0 heterocycles. The lowest BCUT2D eigenvalue weighted by atomic mass is 10.4. The van der Waals surface area contributed by atoms with E-state index in [9.17, 15) is 22.8 Å². The molecule has 5 nitrogen and oxygen atoms in total. The molecule has 142 valence electrons. The van der Waals surface area contributed by atoms with E-state index in [2.05, 4.69) is 18.4 Å². The second-order valence-electron chi connectivity index (χ2n) is 7.07. The van der Waals surface area contributed by atoms with Gasteiger partial charge in [-0.3, -0.25) is 9.59 Å². The number of carbonyl (C=O) groups is 2. The molecule has 0 atom stereocenters. The van der Waals surface area contributed by atoms with Crippen molar-refractivity contribution in [2.45, 2.75) is 64.2 Å². The van der Waals surface area contributed by atoms with Crippen molar-refractivity contribution in [1.29, 1.82) is 0 Å². The zero-order chi connectivity index (χ0) is 19.0. The van der Waals surface area contributed by atoms with Gasteiger partial charge < -0.3 is 14.7 Å². The Labute approximate surface area is 144 Å². The summed E-state index contributed by atoms with van der Waals surface area (Å²) in [6, 6.07) is 1.60. The first-order chi connectivity index (χ1) is 10.8. The monoisotopic (exact) mass is 386 g/mol. The van der Waals surface area contributed by atoms with Crippen LogP contribution in [0.15, 0.2) is 0 Å². The maximum absolute atomic E-state index is 12.1. The number of hydrogen-bond donors (Lipinski definition) is 2. The van der Waals surface area contributed by atoms with Crippen molar-refractivity contribution in [3.8, 4) is 0 Å². The summed E-state index contributed by atoms with van der Waals surface area (Å²) in [5.41, 5.74) is 0. The minimum Gasteiger partial charge on any atom is -0.455 e. The third-order valence-corrected chi connectivity index (χ3v) is 10.9. The smallest absolute Gasteiger partial charge is 0.455 e. The quantitative estimate of drug-likeness (QED) is 0.448. The van der Waals surface area contributed by atoms with Gasteiger partial charge in [0.2, 0.25) is 5.91 Å². The molecule has 0 spiro atoms. The Morgan fingerprint density at radius 3 is 1.71 bits per heavy atom. The maximum atomic E-state index is 12.1. The van der Waals surface area contributed by atoms with Gasteiger partial charge in [0.1, 0.15) is 0 Å². The molecule has 0 aromatic carbocycles. The van der Waals surface area contributed by atoms with E-state index in [0.717, 1.165) is 12.5 Å². The molecule has 0 fully saturated rings. The highest BCUT2D eigenvalue weighted by molar-refractivity contribution is 6.84. The van der Waals surface area contributed by atoms with E-state index in [1.807, 2.05) is 18.4 Å². The first-order valence-electron chi connectivity index (χ1n) is 8.05. The molecule has 0 rings (SSSR count). The van der Waals surface area contributed by atoms with Crippen molar-refractivity contribution in [1.82, 2.24) is 10.6 Å². The summed E-state index contributed by atoms with van der Waals surface area (Å²) >= 11 is 0. The molecule has 2 amide bonds. The first kappa shape index (κ1) is 23.1. The summed E-state index contributed by atoms with van der Waals surface area (Å²) in [5.74, 6) is -1.94. The number of rotatable bonds is 10. The highest BCUT2D eigenvalue weighted by Crippen LogP contribution is 2.23. The maximum Gasteiger partial charge on any atom is 0.471 e. The number of hydrogen-bond acceptors (Lipinski definition) is 3. The largest absolute Gasteiger partial charge is 0.471 e. The molecule has 0 unspecified atom stereocenters. The lowest BCUT2D eigenvalue weighted by Crippen LogP contribution is -2.45. The van der Waals surface area contributed by atoms with Gasteiger partial charge in [-0.2, -0.15) is 13.2 Å². The van der Waals surface area contributed by atoms with E-state index in [0.29, 0.717) is 19.0 Å². The van der Waals surface area contributed by atoms with E-state index in [1.54, 1.807) is 0 Å². The van der Waals surface area contributed by atoms with Gasteiger partial charge in [-0.15, -0.1) is 0 Å². The van der Waals surface area contributed by atoms with Gasteiger partial charge in [0, 0.05) is 20.0 Å². The van der Waals surface area contributed by atoms with Crippen LogP contribution in [0.5, 0.6) is 0 Å². The van der Waals surface area contributed by atoms with Crippen LogP contribution < -0.4 is 10.6 Å². The third kappa shape index (κ3) is 11.6. The van der Waals surface area contributed by atoms with Gasteiger partial charge >= 0.3 is 12.1 Å². The van der Waals surface area contributed by atoms with E-state index >= 15 is 0 Å². The fourth-order valence-corrected chi connectivity index (χ4v) is 11.3. The Bertz CT molecular complexity index is 430. The summed E-state index contributed by atoms with van der Waals surface area (Å²) in [6.07, 6.45) is -3.51. The molecule has 0 aliphatic rings. The minimum atomic E-state index is -4.83. The second kappa shape index (κ2) is 9.57. The Morgan fingerprint density at radius 1 is 0.917 bits per heavy atom. The summed E-state index contributed by atoms with van der Waals surface area (Å²) in [6.45, 7) is 10.4. The van der Waals surface area contributed by atoms with Crippen LogP contribution >= 0.6 is 0 Å². The highest BCUT2D eigenvalue weighted by Gasteiger charge is 2.38. The van der Waals surface area contributed by atoms with Crippen LogP contribution in [0.3, 0.4) is 0 Å². The van der Waals surface area contributed by atoms with Gasteiger partial charge in [0.15, 0.2) is 16.6 Å². The number of amides is 2. The molecule has 0 aliphatic carbocycles. The van der Waals surface area contributed by atoms with Crippen molar-refractivity contribution in [2.75, 3.05) is 13.1 Å². The average molecular weight is 387 g/mol. The second-order valence-corrected chi connectivity index (χ2v) is 15.9. The van der Waals surface area contributed by atoms with Crippen LogP contribution in [0, 0.1) is 0 Å². The molecule has 0 aromatic heterocycles. The zero-order valence-corrected chi connectivity index (χ0v) is 17.1. The van der Waals surface area contributed by atoms with Gasteiger partial charge in [-0.25, -0.2) is 0 Å².